The van der Waals surface area contributed by atoms with Crippen molar-refractivity contribution in [1.29, 1.82) is 0 Å². The lowest BCUT2D eigenvalue weighted by molar-refractivity contribution is -0.110. The second-order valence-electron chi connectivity index (χ2n) is 3.33. The SMILES string of the molecule is CC(C)(C=O)Nc1ccccc1. The number of aldehydes is 1. The number of hydrogen-bond acceptors (Lipinski definition) is 2. The molecule has 0 saturated carbocycles. The van der Waals surface area contributed by atoms with Crippen LogP contribution in [-0.2, 0) is 4.79 Å². The Morgan fingerprint density at radius 2 is 1.83 bits per heavy atom. The number of benzene rings is 1. The van der Waals surface area contributed by atoms with E-state index in [-0.39, 0.29) is 0 Å². The fourth-order valence-corrected chi connectivity index (χ4v) is 0.923. The summed E-state index contributed by atoms with van der Waals surface area (Å²) < 4.78 is 0. The second kappa shape index (κ2) is 3.39. The normalized spacial score (nSPS) is 10.8. The van der Waals surface area contributed by atoms with Gasteiger partial charge in [0.1, 0.15) is 6.29 Å². The quantitative estimate of drug-likeness (QED) is 0.691. The lowest BCUT2D eigenvalue weighted by Crippen LogP contribution is -2.32. The molecule has 0 atom stereocenters. The smallest absolute Gasteiger partial charge is 0.144 e. The maximum atomic E-state index is 10.6. The summed E-state index contributed by atoms with van der Waals surface area (Å²) in [6.45, 7) is 3.68. The van der Waals surface area contributed by atoms with E-state index in [1.165, 1.54) is 0 Å². The highest BCUT2D eigenvalue weighted by atomic mass is 16.1. The second-order valence-corrected chi connectivity index (χ2v) is 3.33. The molecule has 0 aliphatic rings. The first-order chi connectivity index (χ1) is 5.64. The number of rotatable bonds is 3. The van der Waals surface area contributed by atoms with Gasteiger partial charge in [0.25, 0.3) is 0 Å². The van der Waals surface area contributed by atoms with Gasteiger partial charge >= 0.3 is 0 Å². The van der Waals surface area contributed by atoms with E-state index in [0.717, 1.165) is 12.0 Å². The molecule has 64 valence electrons. The molecule has 2 heteroatoms. The molecule has 0 bridgehead atoms. The summed E-state index contributed by atoms with van der Waals surface area (Å²) in [5, 5.41) is 3.10. The van der Waals surface area contributed by atoms with Gasteiger partial charge in [0.05, 0.1) is 5.54 Å². The van der Waals surface area contributed by atoms with E-state index >= 15 is 0 Å². The highest BCUT2D eigenvalue weighted by Crippen LogP contribution is 2.11. The Morgan fingerprint density at radius 1 is 1.25 bits per heavy atom. The summed E-state index contributed by atoms with van der Waals surface area (Å²) in [4.78, 5) is 10.6. The number of hydrogen-bond donors (Lipinski definition) is 1. The molecular formula is C10H13NO. The van der Waals surface area contributed by atoms with Crippen LogP contribution in [0.3, 0.4) is 0 Å². The molecular weight excluding hydrogens is 150 g/mol. The van der Waals surface area contributed by atoms with Crippen molar-refractivity contribution in [2.24, 2.45) is 0 Å². The number of nitrogens with one attached hydrogen (secondary N) is 1. The average Bonchev–Trinajstić information content (AvgIpc) is 2.06. The van der Waals surface area contributed by atoms with E-state index in [2.05, 4.69) is 5.32 Å². The fraction of sp³-hybridized carbons (Fsp3) is 0.300. The lowest BCUT2D eigenvalue weighted by Gasteiger charge is -2.20. The molecule has 1 rings (SSSR count). The van der Waals surface area contributed by atoms with Crippen LogP contribution in [0, 0.1) is 0 Å². The van der Waals surface area contributed by atoms with Crippen LogP contribution < -0.4 is 5.32 Å². The summed E-state index contributed by atoms with van der Waals surface area (Å²) in [5.41, 5.74) is 0.482. The highest BCUT2D eigenvalue weighted by molar-refractivity contribution is 5.69. The standard InChI is InChI=1S/C10H13NO/c1-10(2,8-12)11-9-6-4-3-5-7-9/h3-8,11H,1-2H3. The molecule has 0 unspecified atom stereocenters. The van der Waals surface area contributed by atoms with Crippen LogP contribution in [0.4, 0.5) is 5.69 Å². The molecule has 0 aliphatic heterocycles. The Hall–Kier alpha value is -1.31. The van der Waals surface area contributed by atoms with Gasteiger partial charge in [-0.3, -0.25) is 0 Å². The summed E-state index contributed by atoms with van der Waals surface area (Å²) in [6, 6.07) is 9.68. The molecule has 2 nitrogen and oxygen atoms in total. The predicted octanol–water partition coefficient (Wildman–Crippen LogP) is 2.08. The van der Waals surface area contributed by atoms with E-state index in [0.29, 0.717) is 0 Å². The number of carbonyl (C=O) groups excluding carboxylic acids is 1. The minimum atomic E-state index is -0.485. The van der Waals surface area contributed by atoms with Gasteiger partial charge in [0.15, 0.2) is 0 Å². The summed E-state index contributed by atoms with van der Waals surface area (Å²) in [6.07, 6.45) is 0.903. The summed E-state index contributed by atoms with van der Waals surface area (Å²) in [5.74, 6) is 0. The van der Waals surface area contributed by atoms with Crippen molar-refractivity contribution in [2.75, 3.05) is 5.32 Å². The van der Waals surface area contributed by atoms with Crippen LogP contribution >= 0.6 is 0 Å². The van der Waals surface area contributed by atoms with Crippen LogP contribution in [0.25, 0.3) is 0 Å². The van der Waals surface area contributed by atoms with Crippen LogP contribution in [0.1, 0.15) is 13.8 Å². The maximum Gasteiger partial charge on any atom is 0.144 e. The molecule has 1 N–H and O–H groups in total. The molecule has 0 spiro atoms. The minimum Gasteiger partial charge on any atom is -0.373 e. The van der Waals surface area contributed by atoms with E-state index in [1.54, 1.807) is 0 Å². The van der Waals surface area contributed by atoms with Crippen molar-refractivity contribution in [1.82, 2.24) is 0 Å². The fourth-order valence-electron chi connectivity index (χ4n) is 0.923. The van der Waals surface area contributed by atoms with Crippen molar-refractivity contribution >= 4 is 12.0 Å². The largest absolute Gasteiger partial charge is 0.373 e. The zero-order chi connectivity index (χ0) is 9.03. The van der Waals surface area contributed by atoms with E-state index in [4.69, 9.17) is 0 Å². The molecule has 0 radical (unpaired) electrons. The van der Waals surface area contributed by atoms with Crippen molar-refractivity contribution in [3.63, 3.8) is 0 Å². The van der Waals surface area contributed by atoms with Crippen molar-refractivity contribution in [3.8, 4) is 0 Å². The topological polar surface area (TPSA) is 29.1 Å². The molecule has 0 amide bonds. The van der Waals surface area contributed by atoms with Gasteiger partial charge in [-0.2, -0.15) is 0 Å². The van der Waals surface area contributed by atoms with Gasteiger partial charge in [-0.05, 0) is 26.0 Å². The van der Waals surface area contributed by atoms with Gasteiger partial charge in [0, 0.05) is 5.69 Å². The van der Waals surface area contributed by atoms with Crippen molar-refractivity contribution in [3.05, 3.63) is 30.3 Å². The number of anilines is 1. The predicted molar refractivity (Wildman–Crippen MR) is 50.2 cm³/mol. The minimum absolute atomic E-state index is 0.485. The Morgan fingerprint density at radius 3 is 2.33 bits per heavy atom. The first kappa shape index (κ1) is 8.78. The van der Waals surface area contributed by atoms with Gasteiger partial charge in [-0.25, -0.2) is 0 Å². The highest BCUT2D eigenvalue weighted by Gasteiger charge is 2.14. The van der Waals surface area contributed by atoms with Gasteiger partial charge in [-0.15, -0.1) is 0 Å². The third-order valence-corrected chi connectivity index (χ3v) is 1.53. The maximum absolute atomic E-state index is 10.6. The van der Waals surface area contributed by atoms with Crippen LogP contribution in [-0.4, -0.2) is 11.8 Å². The molecule has 1 aromatic rings. The van der Waals surface area contributed by atoms with E-state index in [1.807, 2.05) is 44.2 Å². The van der Waals surface area contributed by atoms with Crippen LogP contribution in [0.15, 0.2) is 30.3 Å². The number of carbonyl (C=O) groups is 1. The molecule has 0 saturated heterocycles. The van der Waals surface area contributed by atoms with E-state index in [9.17, 15) is 4.79 Å². The van der Waals surface area contributed by atoms with Crippen LogP contribution in [0.5, 0.6) is 0 Å². The lowest BCUT2D eigenvalue weighted by atomic mass is 10.1. The van der Waals surface area contributed by atoms with Gasteiger partial charge < -0.3 is 10.1 Å². The molecule has 1 aromatic carbocycles. The average molecular weight is 163 g/mol. The first-order valence-corrected chi connectivity index (χ1v) is 3.94. The zero-order valence-corrected chi connectivity index (χ0v) is 7.37. The first-order valence-electron chi connectivity index (χ1n) is 3.94. The summed E-state index contributed by atoms with van der Waals surface area (Å²) >= 11 is 0. The van der Waals surface area contributed by atoms with Gasteiger partial charge in [0.2, 0.25) is 0 Å². The molecule has 0 aromatic heterocycles. The zero-order valence-electron chi connectivity index (χ0n) is 7.37. The third-order valence-electron chi connectivity index (χ3n) is 1.53. The Bertz CT molecular complexity index is 254. The monoisotopic (exact) mass is 163 g/mol. The van der Waals surface area contributed by atoms with Crippen molar-refractivity contribution < 1.29 is 4.79 Å². The Balaban J connectivity index is 2.70. The van der Waals surface area contributed by atoms with Crippen molar-refractivity contribution in [2.45, 2.75) is 19.4 Å². The van der Waals surface area contributed by atoms with Gasteiger partial charge in [-0.1, -0.05) is 18.2 Å². The Labute approximate surface area is 72.6 Å². The Kier molecular flexibility index (Phi) is 2.48. The van der Waals surface area contributed by atoms with E-state index < -0.39 is 5.54 Å². The third kappa shape index (κ3) is 2.38. The molecule has 12 heavy (non-hydrogen) atoms. The summed E-state index contributed by atoms with van der Waals surface area (Å²) in [7, 11) is 0. The molecule has 0 aliphatic carbocycles. The van der Waals surface area contributed by atoms with Crippen LogP contribution in [0.2, 0.25) is 0 Å². The molecule has 0 heterocycles. The number of para-hydroxylation sites is 1. The molecule has 0 fully saturated rings.